The Balaban J connectivity index is 2.74. The third-order valence-corrected chi connectivity index (χ3v) is 3.96. The zero-order valence-corrected chi connectivity index (χ0v) is 13.3. The van der Waals surface area contributed by atoms with Crippen molar-refractivity contribution in [1.82, 2.24) is 4.57 Å². The van der Waals surface area contributed by atoms with Crippen LogP contribution < -0.4 is 5.73 Å². The lowest BCUT2D eigenvalue weighted by atomic mass is 9.98. The molecule has 22 heavy (non-hydrogen) atoms. The lowest BCUT2D eigenvalue weighted by Crippen LogP contribution is -2.13. The maximum Gasteiger partial charge on any atom is 0.251 e. The minimum Gasteiger partial charge on any atom is -0.366 e. The molecule has 0 spiro atoms. The van der Waals surface area contributed by atoms with E-state index in [2.05, 4.69) is 24.5 Å². The van der Waals surface area contributed by atoms with E-state index in [1.807, 2.05) is 19.1 Å². The molecule has 2 aromatic rings. The molecule has 114 valence electrons. The Bertz CT molecular complexity index is 733. The van der Waals surface area contributed by atoms with Gasteiger partial charge in [0.25, 0.3) is 5.91 Å². The smallest absolute Gasteiger partial charge is 0.251 e. The third kappa shape index (κ3) is 2.62. The molecule has 0 radical (unpaired) electrons. The van der Waals surface area contributed by atoms with Gasteiger partial charge in [-0.1, -0.05) is 26.0 Å². The van der Waals surface area contributed by atoms with Gasteiger partial charge in [-0.3, -0.25) is 4.79 Å². The van der Waals surface area contributed by atoms with Crippen molar-refractivity contribution < 1.29 is 4.79 Å². The lowest BCUT2D eigenvalue weighted by Gasteiger charge is -2.10. The summed E-state index contributed by atoms with van der Waals surface area (Å²) < 4.78 is 2.19. The van der Waals surface area contributed by atoms with Crippen LogP contribution in [0.25, 0.3) is 11.1 Å². The minimum atomic E-state index is -0.401. The monoisotopic (exact) mass is 295 g/mol. The van der Waals surface area contributed by atoms with Gasteiger partial charge < -0.3 is 10.3 Å². The van der Waals surface area contributed by atoms with Crippen molar-refractivity contribution in [1.29, 1.82) is 5.26 Å². The summed E-state index contributed by atoms with van der Waals surface area (Å²) in [5.74, 6) is -0.401. The van der Waals surface area contributed by atoms with Crippen LogP contribution in [0.5, 0.6) is 0 Å². The number of aromatic nitrogens is 1. The van der Waals surface area contributed by atoms with Gasteiger partial charge in [0, 0.05) is 23.5 Å². The summed E-state index contributed by atoms with van der Waals surface area (Å²) in [5.41, 5.74) is 10.7. The Morgan fingerprint density at radius 3 is 2.36 bits per heavy atom. The van der Waals surface area contributed by atoms with Gasteiger partial charge in [-0.05, 0) is 37.5 Å². The van der Waals surface area contributed by atoms with Gasteiger partial charge >= 0.3 is 0 Å². The molecule has 2 rings (SSSR count). The first-order chi connectivity index (χ1) is 10.5. The van der Waals surface area contributed by atoms with E-state index in [9.17, 15) is 4.79 Å². The van der Waals surface area contributed by atoms with E-state index in [0.29, 0.717) is 11.1 Å². The SMILES string of the molecule is CCCn1c(C)c(C(N)=O)c(-c2ccc(C#N)cc2)c1CC. The van der Waals surface area contributed by atoms with Crippen LogP contribution in [0.4, 0.5) is 0 Å². The van der Waals surface area contributed by atoms with Crippen molar-refractivity contribution in [3.8, 4) is 17.2 Å². The van der Waals surface area contributed by atoms with Gasteiger partial charge in [0.15, 0.2) is 0 Å². The molecule has 4 heteroatoms. The molecular weight excluding hydrogens is 274 g/mol. The Kier molecular flexibility index (Phi) is 4.67. The number of nitrogens with zero attached hydrogens (tertiary/aromatic N) is 2. The molecule has 1 heterocycles. The Labute approximate surface area is 131 Å². The van der Waals surface area contributed by atoms with Crippen LogP contribution >= 0.6 is 0 Å². The second kappa shape index (κ2) is 6.48. The van der Waals surface area contributed by atoms with Crippen molar-refractivity contribution in [2.24, 2.45) is 5.73 Å². The predicted octanol–water partition coefficient (Wildman–Crippen LogP) is 3.41. The zero-order chi connectivity index (χ0) is 16.3. The van der Waals surface area contributed by atoms with E-state index in [4.69, 9.17) is 11.0 Å². The van der Waals surface area contributed by atoms with Crippen LogP contribution in [-0.4, -0.2) is 10.5 Å². The number of primary amides is 1. The summed E-state index contributed by atoms with van der Waals surface area (Å²) in [6.07, 6.45) is 1.82. The van der Waals surface area contributed by atoms with Gasteiger partial charge in [-0.25, -0.2) is 0 Å². The molecule has 0 saturated carbocycles. The van der Waals surface area contributed by atoms with E-state index in [-0.39, 0.29) is 0 Å². The molecule has 4 nitrogen and oxygen atoms in total. The summed E-state index contributed by atoms with van der Waals surface area (Å²) in [4.78, 5) is 12.0. The van der Waals surface area contributed by atoms with Gasteiger partial charge in [0.2, 0.25) is 0 Å². The van der Waals surface area contributed by atoms with Crippen LogP contribution in [0.2, 0.25) is 0 Å². The number of nitrogens with two attached hydrogens (primary N) is 1. The summed E-state index contributed by atoms with van der Waals surface area (Å²) in [7, 11) is 0. The van der Waals surface area contributed by atoms with Crippen LogP contribution in [0.1, 0.15) is 47.6 Å². The first-order valence-corrected chi connectivity index (χ1v) is 7.57. The highest BCUT2D eigenvalue weighted by atomic mass is 16.1. The number of benzene rings is 1. The van der Waals surface area contributed by atoms with E-state index < -0.39 is 5.91 Å². The van der Waals surface area contributed by atoms with Crippen LogP contribution in [0.15, 0.2) is 24.3 Å². The third-order valence-electron chi connectivity index (χ3n) is 3.96. The molecule has 0 aliphatic heterocycles. The number of hydrogen-bond donors (Lipinski definition) is 1. The Hall–Kier alpha value is -2.54. The quantitative estimate of drug-likeness (QED) is 0.918. The second-order valence-corrected chi connectivity index (χ2v) is 5.34. The molecule has 0 atom stereocenters. The first kappa shape index (κ1) is 15.8. The molecule has 0 saturated heterocycles. The summed E-state index contributed by atoms with van der Waals surface area (Å²) in [6, 6.07) is 9.42. The summed E-state index contributed by atoms with van der Waals surface area (Å²) in [5, 5.41) is 8.93. The average Bonchev–Trinajstić information content (AvgIpc) is 2.80. The predicted molar refractivity (Wildman–Crippen MR) is 87.5 cm³/mol. The molecule has 1 amide bonds. The van der Waals surface area contributed by atoms with Crippen molar-refractivity contribution in [2.75, 3.05) is 0 Å². The number of carbonyl (C=O) groups is 1. The summed E-state index contributed by atoms with van der Waals surface area (Å²) >= 11 is 0. The largest absolute Gasteiger partial charge is 0.366 e. The Morgan fingerprint density at radius 2 is 1.91 bits per heavy atom. The highest BCUT2D eigenvalue weighted by Gasteiger charge is 2.23. The molecule has 0 fully saturated rings. The number of amides is 1. The van der Waals surface area contributed by atoms with Crippen LogP contribution in [0.3, 0.4) is 0 Å². The van der Waals surface area contributed by atoms with Gasteiger partial charge in [-0.2, -0.15) is 5.26 Å². The maximum atomic E-state index is 12.0. The number of rotatable bonds is 5. The number of hydrogen-bond acceptors (Lipinski definition) is 2. The van der Waals surface area contributed by atoms with Gasteiger partial charge in [0.05, 0.1) is 17.2 Å². The standard InChI is InChI=1S/C18H21N3O/c1-4-10-21-12(3)16(18(20)22)17(15(21)5-2)14-8-6-13(11-19)7-9-14/h6-9H,4-5,10H2,1-3H3,(H2,20,22). The molecule has 1 aromatic heterocycles. The van der Waals surface area contributed by atoms with E-state index in [1.165, 1.54) is 0 Å². The van der Waals surface area contributed by atoms with Crippen LogP contribution in [-0.2, 0) is 13.0 Å². The Morgan fingerprint density at radius 1 is 1.27 bits per heavy atom. The fraction of sp³-hybridized carbons (Fsp3) is 0.333. The van der Waals surface area contributed by atoms with E-state index in [1.54, 1.807) is 12.1 Å². The van der Waals surface area contributed by atoms with Gasteiger partial charge in [0.1, 0.15) is 0 Å². The topological polar surface area (TPSA) is 71.8 Å². The van der Waals surface area contributed by atoms with E-state index in [0.717, 1.165) is 41.9 Å². The molecule has 2 N–H and O–H groups in total. The molecular formula is C18H21N3O. The van der Waals surface area contributed by atoms with Crippen molar-refractivity contribution >= 4 is 5.91 Å². The molecule has 0 unspecified atom stereocenters. The first-order valence-electron chi connectivity index (χ1n) is 7.57. The zero-order valence-electron chi connectivity index (χ0n) is 13.3. The number of nitriles is 1. The van der Waals surface area contributed by atoms with Crippen molar-refractivity contribution in [2.45, 2.75) is 40.2 Å². The molecule has 0 aliphatic carbocycles. The highest BCUT2D eigenvalue weighted by molar-refractivity contribution is 6.02. The molecule has 1 aromatic carbocycles. The lowest BCUT2D eigenvalue weighted by molar-refractivity contribution is 0.1000. The van der Waals surface area contributed by atoms with E-state index >= 15 is 0 Å². The normalized spacial score (nSPS) is 10.5. The van der Waals surface area contributed by atoms with Crippen molar-refractivity contribution in [3.63, 3.8) is 0 Å². The fourth-order valence-corrected chi connectivity index (χ4v) is 3.02. The number of carbonyl (C=O) groups excluding carboxylic acids is 1. The average molecular weight is 295 g/mol. The summed E-state index contributed by atoms with van der Waals surface area (Å²) in [6.45, 7) is 7.01. The second-order valence-electron chi connectivity index (χ2n) is 5.34. The highest BCUT2D eigenvalue weighted by Crippen LogP contribution is 2.33. The fourth-order valence-electron chi connectivity index (χ4n) is 3.02. The van der Waals surface area contributed by atoms with Crippen LogP contribution in [0, 0.1) is 18.3 Å². The molecule has 0 aliphatic rings. The van der Waals surface area contributed by atoms with Gasteiger partial charge in [-0.15, -0.1) is 0 Å². The molecule has 0 bridgehead atoms. The maximum absolute atomic E-state index is 12.0. The minimum absolute atomic E-state index is 0.401. The van der Waals surface area contributed by atoms with Crippen molar-refractivity contribution in [3.05, 3.63) is 46.8 Å².